The van der Waals surface area contributed by atoms with Gasteiger partial charge in [-0.15, -0.1) is 12.4 Å². The maximum absolute atomic E-state index is 12.3. The second-order valence-electron chi connectivity index (χ2n) is 5.39. The van der Waals surface area contributed by atoms with Gasteiger partial charge in [0.1, 0.15) is 0 Å². The predicted octanol–water partition coefficient (Wildman–Crippen LogP) is 1.48. The van der Waals surface area contributed by atoms with Crippen LogP contribution in [0.2, 0.25) is 0 Å². The van der Waals surface area contributed by atoms with Gasteiger partial charge in [-0.1, -0.05) is 13.8 Å². The van der Waals surface area contributed by atoms with Crippen molar-refractivity contribution in [2.24, 2.45) is 11.1 Å². The van der Waals surface area contributed by atoms with E-state index in [1.165, 1.54) is 0 Å². The molecule has 0 radical (unpaired) electrons. The monoisotopic (exact) mass is 308 g/mol. The Kier molecular flexibility index (Phi) is 9.38. The summed E-state index contributed by atoms with van der Waals surface area (Å²) in [6.07, 6.45) is 2.64. The summed E-state index contributed by atoms with van der Waals surface area (Å²) in [4.78, 5) is 12.3. The molecule has 1 saturated heterocycles. The van der Waals surface area contributed by atoms with Crippen LogP contribution in [0.15, 0.2) is 0 Å². The van der Waals surface area contributed by atoms with Crippen molar-refractivity contribution in [1.82, 2.24) is 5.32 Å². The second kappa shape index (κ2) is 9.55. The highest BCUT2D eigenvalue weighted by molar-refractivity contribution is 5.85. The molecule has 1 aliphatic rings. The number of hydrogen-bond donors (Lipinski definition) is 2. The smallest absolute Gasteiger partial charge is 0.227 e. The van der Waals surface area contributed by atoms with Crippen LogP contribution in [-0.4, -0.2) is 44.4 Å². The van der Waals surface area contributed by atoms with E-state index in [1.807, 2.05) is 20.8 Å². The van der Waals surface area contributed by atoms with Crippen LogP contribution in [0.5, 0.6) is 0 Å². The SMILES string of the molecule is CCC(CC)(CN)C(=O)NC(C)COC1CCOC1.Cl. The van der Waals surface area contributed by atoms with Crippen molar-refractivity contribution >= 4 is 18.3 Å². The Bertz CT molecular complexity index is 271. The van der Waals surface area contributed by atoms with Crippen molar-refractivity contribution in [1.29, 1.82) is 0 Å². The maximum atomic E-state index is 12.3. The lowest BCUT2D eigenvalue weighted by atomic mass is 9.81. The Morgan fingerprint density at radius 3 is 2.60 bits per heavy atom. The fourth-order valence-corrected chi connectivity index (χ4v) is 2.30. The first kappa shape index (κ1) is 19.6. The molecule has 0 aliphatic carbocycles. The van der Waals surface area contributed by atoms with Gasteiger partial charge in [0.15, 0.2) is 0 Å². The zero-order chi connectivity index (χ0) is 14.3. The van der Waals surface area contributed by atoms with Gasteiger partial charge in [0.25, 0.3) is 0 Å². The molecule has 120 valence electrons. The maximum Gasteiger partial charge on any atom is 0.227 e. The fourth-order valence-electron chi connectivity index (χ4n) is 2.30. The van der Waals surface area contributed by atoms with Crippen molar-refractivity contribution < 1.29 is 14.3 Å². The summed E-state index contributed by atoms with van der Waals surface area (Å²) >= 11 is 0. The van der Waals surface area contributed by atoms with Crippen molar-refractivity contribution in [3.8, 4) is 0 Å². The first-order chi connectivity index (χ1) is 9.07. The number of nitrogens with two attached hydrogens (primary N) is 1. The number of nitrogens with one attached hydrogen (secondary N) is 1. The highest BCUT2D eigenvalue weighted by Gasteiger charge is 2.34. The Morgan fingerprint density at radius 2 is 2.15 bits per heavy atom. The van der Waals surface area contributed by atoms with Crippen LogP contribution in [0.3, 0.4) is 0 Å². The van der Waals surface area contributed by atoms with Crippen molar-refractivity contribution in [2.45, 2.75) is 52.2 Å². The van der Waals surface area contributed by atoms with E-state index in [1.54, 1.807) is 0 Å². The molecule has 2 unspecified atom stereocenters. The molecular weight excluding hydrogens is 280 g/mol. The van der Waals surface area contributed by atoms with Crippen molar-refractivity contribution in [3.63, 3.8) is 0 Å². The summed E-state index contributed by atoms with van der Waals surface area (Å²) in [7, 11) is 0. The first-order valence-electron chi connectivity index (χ1n) is 7.28. The first-order valence-corrected chi connectivity index (χ1v) is 7.28. The zero-order valence-electron chi connectivity index (χ0n) is 12.8. The van der Waals surface area contributed by atoms with Crippen LogP contribution in [0.4, 0.5) is 0 Å². The predicted molar refractivity (Wildman–Crippen MR) is 82.1 cm³/mol. The Morgan fingerprint density at radius 1 is 1.50 bits per heavy atom. The van der Waals surface area contributed by atoms with Crippen LogP contribution in [-0.2, 0) is 14.3 Å². The lowest BCUT2D eigenvalue weighted by Gasteiger charge is -2.30. The second-order valence-corrected chi connectivity index (χ2v) is 5.39. The highest BCUT2D eigenvalue weighted by atomic mass is 35.5. The summed E-state index contributed by atoms with van der Waals surface area (Å²) in [5.41, 5.74) is 5.33. The van der Waals surface area contributed by atoms with E-state index in [2.05, 4.69) is 5.32 Å². The summed E-state index contributed by atoms with van der Waals surface area (Å²) in [5, 5.41) is 3.01. The van der Waals surface area contributed by atoms with Gasteiger partial charge in [-0.3, -0.25) is 4.79 Å². The summed E-state index contributed by atoms with van der Waals surface area (Å²) < 4.78 is 11.0. The molecular formula is C14H29ClN2O3. The molecule has 5 nitrogen and oxygen atoms in total. The molecule has 0 spiro atoms. The molecule has 0 aromatic heterocycles. The minimum absolute atomic E-state index is 0. The third-order valence-corrected chi connectivity index (χ3v) is 4.07. The molecule has 0 saturated carbocycles. The van der Waals surface area contributed by atoms with Gasteiger partial charge in [0, 0.05) is 19.2 Å². The molecule has 1 heterocycles. The van der Waals surface area contributed by atoms with Gasteiger partial charge in [0.05, 0.1) is 24.7 Å². The van der Waals surface area contributed by atoms with Crippen LogP contribution in [0.25, 0.3) is 0 Å². The van der Waals surface area contributed by atoms with Gasteiger partial charge >= 0.3 is 0 Å². The fraction of sp³-hybridized carbons (Fsp3) is 0.929. The third kappa shape index (κ3) is 5.20. The number of hydrogen-bond acceptors (Lipinski definition) is 4. The summed E-state index contributed by atoms with van der Waals surface area (Å²) in [6.45, 7) is 8.31. The molecule has 1 rings (SSSR count). The van der Waals surface area contributed by atoms with Gasteiger partial charge in [-0.05, 0) is 26.2 Å². The number of rotatable bonds is 8. The lowest BCUT2D eigenvalue weighted by Crippen LogP contribution is -2.49. The molecule has 1 fully saturated rings. The zero-order valence-corrected chi connectivity index (χ0v) is 13.6. The molecule has 0 bridgehead atoms. The largest absolute Gasteiger partial charge is 0.379 e. The van der Waals surface area contributed by atoms with Crippen LogP contribution in [0, 0.1) is 5.41 Å². The van der Waals surface area contributed by atoms with Crippen molar-refractivity contribution in [2.75, 3.05) is 26.4 Å². The molecule has 0 aromatic rings. The quantitative estimate of drug-likeness (QED) is 0.712. The average molecular weight is 309 g/mol. The Labute approximate surface area is 128 Å². The third-order valence-electron chi connectivity index (χ3n) is 4.07. The molecule has 2 atom stereocenters. The van der Waals surface area contributed by atoms with Gasteiger partial charge < -0.3 is 20.5 Å². The van der Waals surface area contributed by atoms with E-state index in [4.69, 9.17) is 15.2 Å². The topological polar surface area (TPSA) is 73.6 Å². The van der Waals surface area contributed by atoms with Crippen LogP contribution >= 0.6 is 12.4 Å². The van der Waals surface area contributed by atoms with Gasteiger partial charge in [-0.2, -0.15) is 0 Å². The minimum Gasteiger partial charge on any atom is -0.379 e. The average Bonchev–Trinajstić information content (AvgIpc) is 2.92. The Balaban J connectivity index is 0.00000361. The molecule has 20 heavy (non-hydrogen) atoms. The molecule has 1 amide bonds. The lowest BCUT2D eigenvalue weighted by molar-refractivity contribution is -0.132. The standard InChI is InChI=1S/C14H28N2O3.ClH/c1-4-14(5-2,10-15)13(17)16-11(3)8-19-12-6-7-18-9-12;/h11-12H,4-10,15H2,1-3H3,(H,16,17);1H. The number of amides is 1. The molecule has 1 aliphatic heterocycles. The van der Waals surface area contributed by atoms with Crippen molar-refractivity contribution in [3.05, 3.63) is 0 Å². The van der Waals surface area contributed by atoms with Gasteiger partial charge in [-0.25, -0.2) is 0 Å². The van der Waals surface area contributed by atoms with E-state index in [9.17, 15) is 4.79 Å². The number of carbonyl (C=O) groups excluding carboxylic acids is 1. The molecule has 0 aromatic carbocycles. The molecule has 6 heteroatoms. The minimum atomic E-state index is -0.440. The van der Waals surface area contributed by atoms with Gasteiger partial charge in [0.2, 0.25) is 5.91 Å². The van der Waals surface area contributed by atoms with Crippen LogP contribution < -0.4 is 11.1 Å². The van der Waals surface area contributed by atoms with E-state index >= 15 is 0 Å². The number of halogens is 1. The van der Waals surface area contributed by atoms with E-state index in [0.717, 1.165) is 25.9 Å². The molecule has 3 N–H and O–H groups in total. The number of ether oxygens (including phenoxy) is 2. The normalized spacial score (nSPS) is 20.3. The number of carbonyl (C=O) groups is 1. The van der Waals surface area contributed by atoms with Crippen LogP contribution in [0.1, 0.15) is 40.0 Å². The Hall–Kier alpha value is -0.360. The van der Waals surface area contributed by atoms with E-state index in [0.29, 0.717) is 19.8 Å². The van der Waals surface area contributed by atoms with E-state index in [-0.39, 0.29) is 30.5 Å². The highest BCUT2D eigenvalue weighted by Crippen LogP contribution is 2.25. The summed E-state index contributed by atoms with van der Waals surface area (Å²) in [6, 6.07) is -0.00266. The van der Waals surface area contributed by atoms with E-state index < -0.39 is 5.41 Å². The summed E-state index contributed by atoms with van der Waals surface area (Å²) in [5.74, 6) is 0.0405.